The highest BCUT2D eigenvalue weighted by Gasteiger charge is 2.20. The van der Waals surface area contributed by atoms with Crippen molar-refractivity contribution >= 4 is 0 Å². The molecule has 2 aliphatic heterocycles. The first-order chi connectivity index (χ1) is 13.3. The lowest BCUT2D eigenvalue weighted by Gasteiger charge is -2.30. The molecule has 0 unspecified atom stereocenters. The van der Waals surface area contributed by atoms with Gasteiger partial charge in [0.05, 0.1) is 0 Å². The van der Waals surface area contributed by atoms with Gasteiger partial charge in [-0.3, -0.25) is 9.80 Å². The second-order valence-corrected chi connectivity index (χ2v) is 7.90. The Kier molecular flexibility index (Phi) is 4.76. The molecule has 3 aliphatic rings. The van der Waals surface area contributed by atoms with E-state index in [4.69, 9.17) is 9.47 Å². The van der Waals surface area contributed by atoms with Crippen LogP contribution in [0.2, 0.25) is 0 Å². The molecule has 2 heterocycles. The third kappa shape index (κ3) is 3.69. The van der Waals surface area contributed by atoms with Crippen molar-refractivity contribution in [1.82, 2.24) is 9.80 Å². The third-order valence-corrected chi connectivity index (χ3v) is 6.07. The first kappa shape index (κ1) is 17.1. The molecule has 0 radical (unpaired) electrons. The minimum Gasteiger partial charge on any atom is -0.492 e. The molecule has 2 saturated heterocycles. The zero-order valence-corrected chi connectivity index (χ0v) is 16.0. The second kappa shape index (κ2) is 7.53. The van der Waals surface area contributed by atoms with Crippen LogP contribution in [-0.2, 0) is 6.42 Å². The van der Waals surface area contributed by atoms with Crippen molar-refractivity contribution in [1.29, 1.82) is 0 Å². The van der Waals surface area contributed by atoms with Gasteiger partial charge in [-0.25, -0.2) is 0 Å². The summed E-state index contributed by atoms with van der Waals surface area (Å²) in [4.78, 5) is 4.87. The molecule has 0 aromatic heterocycles. The predicted octanol–water partition coefficient (Wildman–Crippen LogP) is 3.43. The van der Waals surface area contributed by atoms with Crippen molar-refractivity contribution < 1.29 is 9.47 Å². The van der Waals surface area contributed by atoms with E-state index in [0.717, 1.165) is 44.2 Å². The fourth-order valence-electron chi connectivity index (χ4n) is 4.14. The van der Waals surface area contributed by atoms with E-state index in [-0.39, 0.29) is 0 Å². The quantitative estimate of drug-likeness (QED) is 0.611. The summed E-state index contributed by atoms with van der Waals surface area (Å²) >= 11 is 0. The summed E-state index contributed by atoms with van der Waals surface area (Å²) in [7, 11) is 0. The predicted molar refractivity (Wildman–Crippen MR) is 108 cm³/mol. The molecule has 0 saturated carbocycles. The fourth-order valence-corrected chi connectivity index (χ4v) is 4.14. The molecule has 27 heavy (non-hydrogen) atoms. The van der Waals surface area contributed by atoms with Crippen LogP contribution in [0.1, 0.15) is 24.0 Å². The van der Waals surface area contributed by atoms with Gasteiger partial charge in [0.2, 0.25) is 0 Å². The molecule has 0 amide bonds. The second-order valence-electron chi connectivity index (χ2n) is 7.90. The van der Waals surface area contributed by atoms with Gasteiger partial charge in [-0.1, -0.05) is 12.1 Å². The Morgan fingerprint density at radius 3 is 1.56 bits per heavy atom. The summed E-state index contributed by atoms with van der Waals surface area (Å²) in [5.74, 6) is 1.99. The largest absolute Gasteiger partial charge is 0.492 e. The summed E-state index contributed by atoms with van der Waals surface area (Å²) in [6.07, 6.45) is 3.64. The number of ether oxygens (including phenoxy) is 2. The monoisotopic (exact) mass is 364 g/mol. The van der Waals surface area contributed by atoms with E-state index in [1.54, 1.807) is 0 Å². The topological polar surface area (TPSA) is 24.9 Å². The SMILES string of the molecule is c1cc2c(cc1OCCN1CCC1)Cc1cc(OCCN3CCC3)ccc1-2. The molecule has 2 fully saturated rings. The molecule has 2 aromatic carbocycles. The molecule has 0 atom stereocenters. The summed E-state index contributed by atoms with van der Waals surface area (Å²) in [5, 5.41) is 0. The van der Waals surface area contributed by atoms with Gasteiger partial charge >= 0.3 is 0 Å². The van der Waals surface area contributed by atoms with Crippen LogP contribution in [-0.4, -0.2) is 62.3 Å². The van der Waals surface area contributed by atoms with Gasteiger partial charge < -0.3 is 9.47 Å². The average Bonchev–Trinajstić information content (AvgIpc) is 2.96. The number of rotatable bonds is 8. The zero-order chi connectivity index (χ0) is 18.1. The Labute approximate surface area is 161 Å². The van der Waals surface area contributed by atoms with Crippen LogP contribution in [0.5, 0.6) is 11.5 Å². The van der Waals surface area contributed by atoms with Gasteiger partial charge in [-0.15, -0.1) is 0 Å². The number of fused-ring (bicyclic) bond motifs is 3. The van der Waals surface area contributed by atoms with E-state index in [1.807, 2.05) is 0 Å². The lowest BCUT2D eigenvalue weighted by atomic mass is 10.1. The summed E-state index contributed by atoms with van der Waals surface area (Å²) < 4.78 is 12.0. The number of nitrogens with zero attached hydrogens (tertiary/aromatic N) is 2. The first-order valence-electron chi connectivity index (χ1n) is 10.3. The minimum atomic E-state index is 0.779. The summed E-state index contributed by atoms with van der Waals surface area (Å²) in [6.45, 7) is 8.54. The van der Waals surface area contributed by atoms with Crippen LogP contribution < -0.4 is 9.47 Å². The summed E-state index contributed by atoms with van der Waals surface area (Å²) in [6, 6.07) is 13.1. The minimum absolute atomic E-state index is 0.779. The first-order valence-corrected chi connectivity index (χ1v) is 10.3. The summed E-state index contributed by atoms with van der Waals surface area (Å²) in [5.41, 5.74) is 5.41. The number of benzene rings is 2. The van der Waals surface area contributed by atoms with Crippen molar-refractivity contribution in [3.63, 3.8) is 0 Å². The van der Waals surface area contributed by atoms with Gasteiger partial charge in [-0.05, 0) is 92.0 Å². The van der Waals surface area contributed by atoms with E-state index in [9.17, 15) is 0 Å². The highest BCUT2D eigenvalue weighted by atomic mass is 16.5. The van der Waals surface area contributed by atoms with Gasteiger partial charge in [0.1, 0.15) is 24.7 Å². The highest BCUT2D eigenvalue weighted by Crippen LogP contribution is 2.39. The van der Waals surface area contributed by atoms with Gasteiger partial charge in [0, 0.05) is 13.1 Å². The van der Waals surface area contributed by atoms with Crippen LogP contribution in [0.15, 0.2) is 36.4 Å². The third-order valence-electron chi connectivity index (χ3n) is 6.07. The Bertz CT molecular complexity index is 745. The molecule has 2 aromatic rings. The Morgan fingerprint density at radius 1 is 0.667 bits per heavy atom. The maximum absolute atomic E-state index is 5.98. The molecule has 0 N–H and O–H groups in total. The van der Waals surface area contributed by atoms with E-state index in [0.29, 0.717) is 0 Å². The van der Waals surface area contributed by atoms with Crippen LogP contribution in [0.3, 0.4) is 0 Å². The maximum Gasteiger partial charge on any atom is 0.119 e. The van der Waals surface area contributed by atoms with Crippen LogP contribution in [0.4, 0.5) is 0 Å². The van der Waals surface area contributed by atoms with Gasteiger partial charge in [0.15, 0.2) is 0 Å². The number of hydrogen-bond donors (Lipinski definition) is 0. The lowest BCUT2D eigenvalue weighted by molar-refractivity contribution is 0.147. The average molecular weight is 364 g/mol. The lowest BCUT2D eigenvalue weighted by Crippen LogP contribution is -2.39. The van der Waals surface area contributed by atoms with E-state index in [1.165, 1.54) is 61.3 Å². The number of likely N-dealkylation sites (tertiary alicyclic amines) is 2. The molecule has 0 spiro atoms. The molecule has 1 aliphatic carbocycles. The van der Waals surface area contributed by atoms with E-state index < -0.39 is 0 Å². The molecule has 5 rings (SSSR count). The van der Waals surface area contributed by atoms with Gasteiger partial charge in [0.25, 0.3) is 0 Å². The van der Waals surface area contributed by atoms with Crippen molar-refractivity contribution in [2.45, 2.75) is 19.3 Å². The molecular formula is C23H28N2O2. The normalized spacial score (nSPS) is 18.4. The maximum atomic E-state index is 5.98. The standard InChI is InChI=1S/C23H28N2O2/c1-7-24(8-1)11-13-26-20-3-5-22-18(16-20)15-19-17-21(4-6-23(19)22)27-14-12-25-9-2-10-25/h3-6,16-17H,1-2,7-15H2. The molecule has 142 valence electrons. The fraction of sp³-hybridized carbons (Fsp3) is 0.478. The zero-order valence-electron chi connectivity index (χ0n) is 16.0. The van der Waals surface area contributed by atoms with E-state index >= 15 is 0 Å². The van der Waals surface area contributed by atoms with Crippen LogP contribution in [0.25, 0.3) is 11.1 Å². The Hall–Kier alpha value is -2.04. The Morgan fingerprint density at radius 2 is 1.15 bits per heavy atom. The van der Waals surface area contributed by atoms with Crippen molar-refractivity contribution in [3.05, 3.63) is 47.5 Å². The van der Waals surface area contributed by atoms with E-state index in [2.05, 4.69) is 46.2 Å². The molecule has 0 bridgehead atoms. The van der Waals surface area contributed by atoms with Crippen molar-refractivity contribution in [2.24, 2.45) is 0 Å². The number of hydrogen-bond acceptors (Lipinski definition) is 4. The highest BCUT2D eigenvalue weighted by molar-refractivity contribution is 5.78. The molecular weight excluding hydrogens is 336 g/mol. The van der Waals surface area contributed by atoms with Crippen molar-refractivity contribution in [3.8, 4) is 22.6 Å². The smallest absolute Gasteiger partial charge is 0.119 e. The van der Waals surface area contributed by atoms with Crippen LogP contribution in [0, 0.1) is 0 Å². The van der Waals surface area contributed by atoms with Crippen LogP contribution >= 0.6 is 0 Å². The molecule has 4 nitrogen and oxygen atoms in total. The Balaban J connectivity index is 1.20. The van der Waals surface area contributed by atoms with Gasteiger partial charge in [-0.2, -0.15) is 0 Å². The van der Waals surface area contributed by atoms with Crippen molar-refractivity contribution in [2.75, 3.05) is 52.5 Å². The molecule has 4 heteroatoms.